The summed E-state index contributed by atoms with van der Waals surface area (Å²) in [7, 11) is 0. The van der Waals surface area contributed by atoms with Gasteiger partial charge in [0, 0.05) is 13.0 Å². The molecule has 0 radical (unpaired) electrons. The van der Waals surface area contributed by atoms with Gasteiger partial charge >= 0.3 is 11.9 Å². The number of hydrogen-bond donors (Lipinski definition) is 0. The summed E-state index contributed by atoms with van der Waals surface area (Å²) in [6.45, 7) is 8.12. The second-order valence-electron chi connectivity index (χ2n) is 10.8. The number of carbonyl (C=O) groups excluding carboxylic acids is 2. The van der Waals surface area contributed by atoms with Gasteiger partial charge in [0.25, 0.3) is 0 Å². The van der Waals surface area contributed by atoms with E-state index in [2.05, 4.69) is 13.8 Å². The quantitative estimate of drug-likeness (QED) is 0.0755. The van der Waals surface area contributed by atoms with Gasteiger partial charge in [0.15, 0.2) is 0 Å². The highest BCUT2D eigenvalue weighted by atomic mass is 16.5. The second-order valence-corrected chi connectivity index (χ2v) is 10.8. The van der Waals surface area contributed by atoms with Crippen LogP contribution in [-0.4, -0.2) is 37.9 Å². The minimum Gasteiger partial charge on any atom is -0.494 e. The molecule has 41 heavy (non-hydrogen) atoms. The maximum atomic E-state index is 12.6. The van der Waals surface area contributed by atoms with Gasteiger partial charge in [-0.3, -0.25) is 0 Å². The standard InChI is InChI=1S/C35H52O6/c1-4-6-8-9-10-11-12-13-14-16-27-39-32-21-17-31(18-22-32)35(37)41-33-23-19-30(20-24-33)34(36)40-28-25-29(3)38-26-15-7-5-2/h17-24,29H,4-16,25-28H2,1-3H3. The Hall–Kier alpha value is -2.86. The molecule has 0 aliphatic carbocycles. The topological polar surface area (TPSA) is 71.1 Å². The molecule has 228 valence electrons. The van der Waals surface area contributed by atoms with E-state index in [-0.39, 0.29) is 6.10 Å². The first-order valence-corrected chi connectivity index (χ1v) is 15.9. The fraction of sp³-hybridized carbons (Fsp3) is 0.600. The lowest BCUT2D eigenvalue weighted by Gasteiger charge is -2.13. The molecule has 0 bridgehead atoms. The molecule has 2 rings (SSSR count). The number of ether oxygens (including phenoxy) is 4. The van der Waals surface area contributed by atoms with Crippen molar-refractivity contribution < 1.29 is 28.5 Å². The number of rotatable bonds is 23. The summed E-state index contributed by atoms with van der Waals surface area (Å²) >= 11 is 0. The summed E-state index contributed by atoms with van der Waals surface area (Å²) in [5.41, 5.74) is 0.844. The molecule has 0 aromatic heterocycles. The van der Waals surface area contributed by atoms with E-state index in [0.717, 1.165) is 38.0 Å². The molecule has 1 unspecified atom stereocenters. The minimum absolute atomic E-state index is 0.0478. The Balaban J connectivity index is 1.61. The largest absolute Gasteiger partial charge is 0.494 e. The van der Waals surface area contributed by atoms with Crippen LogP contribution < -0.4 is 9.47 Å². The molecule has 1 atom stereocenters. The predicted octanol–water partition coefficient (Wildman–Crippen LogP) is 9.35. The van der Waals surface area contributed by atoms with Crippen LogP contribution in [0.15, 0.2) is 48.5 Å². The normalized spacial score (nSPS) is 11.7. The van der Waals surface area contributed by atoms with Crippen LogP contribution in [0.1, 0.15) is 131 Å². The van der Waals surface area contributed by atoms with Crippen molar-refractivity contribution >= 4 is 11.9 Å². The van der Waals surface area contributed by atoms with Crippen LogP contribution in [0.3, 0.4) is 0 Å². The van der Waals surface area contributed by atoms with E-state index >= 15 is 0 Å². The third kappa shape index (κ3) is 15.6. The van der Waals surface area contributed by atoms with Crippen LogP contribution in [0, 0.1) is 0 Å². The minimum atomic E-state index is -0.463. The van der Waals surface area contributed by atoms with Gasteiger partial charge < -0.3 is 18.9 Å². The van der Waals surface area contributed by atoms with Gasteiger partial charge in [-0.05, 0) is 68.3 Å². The molecule has 0 aliphatic rings. The monoisotopic (exact) mass is 568 g/mol. The molecule has 2 aromatic carbocycles. The Morgan fingerprint density at radius 3 is 1.68 bits per heavy atom. The summed E-state index contributed by atoms with van der Waals surface area (Å²) < 4.78 is 22.4. The fourth-order valence-electron chi connectivity index (χ4n) is 4.41. The van der Waals surface area contributed by atoms with Crippen LogP contribution in [0.5, 0.6) is 11.5 Å². The van der Waals surface area contributed by atoms with Crippen LogP contribution in [0.2, 0.25) is 0 Å². The van der Waals surface area contributed by atoms with E-state index in [4.69, 9.17) is 18.9 Å². The zero-order valence-electron chi connectivity index (χ0n) is 25.7. The fourth-order valence-corrected chi connectivity index (χ4v) is 4.41. The zero-order valence-corrected chi connectivity index (χ0v) is 25.7. The first kappa shape index (κ1) is 34.3. The molecule has 6 nitrogen and oxygen atoms in total. The van der Waals surface area contributed by atoms with Crippen molar-refractivity contribution in [1.29, 1.82) is 0 Å². The van der Waals surface area contributed by atoms with Crippen molar-refractivity contribution in [3.8, 4) is 11.5 Å². The van der Waals surface area contributed by atoms with Crippen molar-refractivity contribution in [3.05, 3.63) is 59.7 Å². The van der Waals surface area contributed by atoms with Crippen molar-refractivity contribution in [1.82, 2.24) is 0 Å². The molecule has 0 N–H and O–H groups in total. The number of unbranched alkanes of at least 4 members (excludes halogenated alkanes) is 11. The third-order valence-corrected chi connectivity index (χ3v) is 7.06. The highest BCUT2D eigenvalue weighted by molar-refractivity contribution is 5.92. The Kier molecular flexibility index (Phi) is 18.3. The Morgan fingerprint density at radius 2 is 1.07 bits per heavy atom. The summed E-state index contributed by atoms with van der Waals surface area (Å²) in [5, 5.41) is 0. The Labute approximate surface area is 248 Å². The van der Waals surface area contributed by atoms with Crippen LogP contribution in [0.4, 0.5) is 0 Å². The Morgan fingerprint density at radius 1 is 0.585 bits per heavy atom. The highest BCUT2D eigenvalue weighted by Gasteiger charge is 2.12. The SMILES string of the molecule is CCCCCCCCCCCCOc1ccc(C(=O)Oc2ccc(C(=O)OCCC(C)OCCCCC)cc2)cc1. The Bertz CT molecular complexity index is 954. The maximum absolute atomic E-state index is 12.6. The molecular formula is C35H52O6. The smallest absolute Gasteiger partial charge is 0.343 e. The third-order valence-electron chi connectivity index (χ3n) is 7.06. The van der Waals surface area contributed by atoms with Gasteiger partial charge in [-0.15, -0.1) is 0 Å². The summed E-state index contributed by atoms with van der Waals surface area (Å²) in [6.07, 6.45) is 17.0. The molecule has 0 saturated heterocycles. The summed E-state index contributed by atoms with van der Waals surface area (Å²) in [5.74, 6) is 0.240. The van der Waals surface area contributed by atoms with Crippen molar-refractivity contribution in [2.45, 2.75) is 117 Å². The molecule has 2 aromatic rings. The molecule has 0 spiro atoms. The average molecular weight is 569 g/mol. The summed E-state index contributed by atoms with van der Waals surface area (Å²) in [4.78, 5) is 24.9. The van der Waals surface area contributed by atoms with Crippen LogP contribution in [0.25, 0.3) is 0 Å². The van der Waals surface area contributed by atoms with E-state index in [1.165, 1.54) is 57.8 Å². The molecule has 0 fully saturated rings. The van der Waals surface area contributed by atoms with Gasteiger partial charge in [0.2, 0.25) is 0 Å². The van der Waals surface area contributed by atoms with E-state index in [9.17, 15) is 9.59 Å². The van der Waals surface area contributed by atoms with Crippen molar-refractivity contribution in [3.63, 3.8) is 0 Å². The van der Waals surface area contributed by atoms with Gasteiger partial charge in [-0.25, -0.2) is 9.59 Å². The number of hydrogen-bond acceptors (Lipinski definition) is 6. The van der Waals surface area contributed by atoms with Gasteiger partial charge in [0.1, 0.15) is 11.5 Å². The highest BCUT2D eigenvalue weighted by Crippen LogP contribution is 2.18. The van der Waals surface area contributed by atoms with E-state index < -0.39 is 11.9 Å². The number of benzene rings is 2. The average Bonchev–Trinajstić information content (AvgIpc) is 2.98. The lowest BCUT2D eigenvalue weighted by atomic mass is 10.1. The molecule has 6 heteroatoms. The van der Waals surface area contributed by atoms with E-state index in [1.54, 1.807) is 48.5 Å². The summed E-state index contributed by atoms with van der Waals surface area (Å²) in [6, 6.07) is 13.4. The van der Waals surface area contributed by atoms with Crippen molar-refractivity contribution in [2.75, 3.05) is 19.8 Å². The second kappa shape index (κ2) is 21.8. The predicted molar refractivity (Wildman–Crippen MR) is 165 cm³/mol. The van der Waals surface area contributed by atoms with E-state index in [1.807, 2.05) is 6.92 Å². The van der Waals surface area contributed by atoms with Crippen molar-refractivity contribution in [2.24, 2.45) is 0 Å². The van der Waals surface area contributed by atoms with Crippen LogP contribution >= 0.6 is 0 Å². The molecule has 0 amide bonds. The van der Waals surface area contributed by atoms with Gasteiger partial charge in [-0.2, -0.15) is 0 Å². The van der Waals surface area contributed by atoms with Crippen LogP contribution in [-0.2, 0) is 9.47 Å². The van der Waals surface area contributed by atoms with Gasteiger partial charge in [-0.1, -0.05) is 84.5 Å². The lowest BCUT2D eigenvalue weighted by Crippen LogP contribution is -2.15. The molecular weight excluding hydrogens is 516 g/mol. The lowest BCUT2D eigenvalue weighted by molar-refractivity contribution is 0.0259. The molecule has 0 aliphatic heterocycles. The van der Waals surface area contributed by atoms with Gasteiger partial charge in [0.05, 0.1) is 30.4 Å². The zero-order chi connectivity index (χ0) is 29.5. The first-order valence-electron chi connectivity index (χ1n) is 15.9. The number of carbonyl (C=O) groups is 2. The van der Waals surface area contributed by atoms with E-state index in [0.29, 0.717) is 36.5 Å². The first-order chi connectivity index (χ1) is 20.0. The number of esters is 2. The molecule has 0 heterocycles. The molecule has 0 saturated carbocycles. The maximum Gasteiger partial charge on any atom is 0.343 e.